The smallest absolute Gasteiger partial charge is 0.262 e. The van der Waals surface area contributed by atoms with Crippen molar-refractivity contribution < 1.29 is 4.79 Å². The van der Waals surface area contributed by atoms with Crippen molar-refractivity contribution in [3.63, 3.8) is 0 Å². The summed E-state index contributed by atoms with van der Waals surface area (Å²) >= 11 is 0. The van der Waals surface area contributed by atoms with Crippen LogP contribution in [0.4, 0.5) is 5.82 Å². The van der Waals surface area contributed by atoms with E-state index in [2.05, 4.69) is 21.6 Å². The summed E-state index contributed by atoms with van der Waals surface area (Å²) in [5.74, 6) is -0.00800. The number of H-pyrrole nitrogens is 1. The van der Waals surface area contributed by atoms with Gasteiger partial charge in [-0.3, -0.25) is 14.7 Å². The first kappa shape index (κ1) is 14.7. The highest BCUT2D eigenvalue weighted by molar-refractivity contribution is 6.04. The summed E-state index contributed by atoms with van der Waals surface area (Å²) in [7, 11) is 0. The molecule has 0 aliphatic heterocycles. The number of hydrogen-bond acceptors (Lipinski definition) is 4. The number of aromatic amines is 1. The molecular formula is C17H17N5O2. The maximum Gasteiger partial charge on any atom is 0.262 e. The summed E-state index contributed by atoms with van der Waals surface area (Å²) < 4.78 is 1.97. The highest BCUT2D eigenvalue weighted by Gasteiger charge is 2.31. The molecule has 7 heteroatoms. The third-order valence-corrected chi connectivity index (χ3v) is 4.59. The van der Waals surface area contributed by atoms with E-state index in [9.17, 15) is 14.9 Å². The van der Waals surface area contributed by atoms with Gasteiger partial charge in [-0.05, 0) is 32.6 Å². The molecule has 0 spiro atoms. The maximum absolute atomic E-state index is 12.5. The summed E-state index contributed by atoms with van der Waals surface area (Å²) in [5, 5.41) is 18.8. The third-order valence-electron chi connectivity index (χ3n) is 4.59. The fraction of sp³-hybridized carbons (Fsp3) is 0.412. The molecule has 2 saturated carbocycles. The number of pyridine rings is 1. The number of hydrogen-bond donors (Lipinski definition) is 2. The molecule has 122 valence electrons. The minimum atomic E-state index is -0.528. The molecule has 7 nitrogen and oxygen atoms in total. The molecule has 0 radical (unpaired) electrons. The number of rotatable bonds is 4. The van der Waals surface area contributed by atoms with E-state index in [4.69, 9.17) is 0 Å². The molecular weight excluding hydrogens is 306 g/mol. The lowest BCUT2D eigenvalue weighted by Gasteiger charge is -2.11. The number of amides is 1. The van der Waals surface area contributed by atoms with E-state index in [0.717, 1.165) is 37.1 Å². The zero-order valence-electron chi connectivity index (χ0n) is 13.3. The number of nitrogens with zero attached hydrogens (tertiary/aromatic N) is 3. The highest BCUT2D eigenvalue weighted by atomic mass is 16.2. The summed E-state index contributed by atoms with van der Waals surface area (Å²) in [6.45, 7) is 1.87. The molecule has 2 aliphatic rings. The Hall–Kier alpha value is -2.88. The lowest BCUT2D eigenvalue weighted by atomic mass is 10.1. The Bertz CT molecular complexity index is 925. The highest BCUT2D eigenvalue weighted by Crippen LogP contribution is 2.41. The van der Waals surface area contributed by atoms with Crippen LogP contribution in [0.3, 0.4) is 0 Å². The van der Waals surface area contributed by atoms with E-state index in [1.54, 1.807) is 6.20 Å². The van der Waals surface area contributed by atoms with E-state index >= 15 is 0 Å². The predicted octanol–water partition coefficient (Wildman–Crippen LogP) is 2.22. The van der Waals surface area contributed by atoms with Crippen molar-refractivity contribution in [1.29, 1.82) is 5.26 Å². The van der Waals surface area contributed by atoms with Crippen LogP contribution in [-0.4, -0.2) is 20.7 Å². The van der Waals surface area contributed by atoms with Crippen LogP contribution in [0.2, 0.25) is 0 Å². The maximum atomic E-state index is 12.5. The SMILES string of the molecule is Cc1cc(=O)c(C(=O)Nc2n[nH]c(C3CC3)c2C#N)cn1C1CC1. The monoisotopic (exact) mass is 323 g/mol. The minimum absolute atomic E-state index is 0.0763. The Balaban J connectivity index is 1.64. The van der Waals surface area contributed by atoms with Crippen LogP contribution in [0.5, 0.6) is 0 Å². The van der Waals surface area contributed by atoms with Crippen LogP contribution in [0, 0.1) is 18.3 Å². The van der Waals surface area contributed by atoms with Gasteiger partial charge in [0.25, 0.3) is 5.91 Å². The van der Waals surface area contributed by atoms with Crippen molar-refractivity contribution in [1.82, 2.24) is 14.8 Å². The second-order valence-electron chi connectivity index (χ2n) is 6.53. The zero-order valence-corrected chi connectivity index (χ0v) is 13.3. The van der Waals surface area contributed by atoms with Crippen molar-refractivity contribution in [2.24, 2.45) is 0 Å². The van der Waals surface area contributed by atoms with Gasteiger partial charge in [0.2, 0.25) is 0 Å². The first-order chi connectivity index (χ1) is 11.6. The summed E-state index contributed by atoms with van der Waals surface area (Å²) in [6, 6.07) is 3.95. The molecule has 0 bridgehead atoms. The Labute approximate surface area is 138 Å². The van der Waals surface area contributed by atoms with Gasteiger partial charge in [0.1, 0.15) is 17.2 Å². The topological polar surface area (TPSA) is 104 Å². The number of aryl methyl sites for hydroxylation is 1. The van der Waals surface area contributed by atoms with E-state index in [0.29, 0.717) is 17.5 Å². The van der Waals surface area contributed by atoms with Gasteiger partial charge in [0.15, 0.2) is 11.2 Å². The second-order valence-corrected chi connectivity index (χ2v) is 6.53. The molecule has 2 heterocycles. The Morgan fingerprint density at radius 1 is 1.42 bits per heavy atom. The van der Waals surface area contributed by atoms with Crippen LogP contribution in [-0.2, 0) is 0 Å². The van der Waals surface area contributed by atoms with Crippen LogP contribution < -0.4 is 10.7 Å². The Morgan fingerprint density at radius 2 is 2.17 bits per heavy atom. The molecule has 4 rings (SSSR count). The Morgan fingerprint density at radius 3 is 2.79 bits per heavy atom. The molecule has 1 amide bonds. The zero-order chi connectivity index (χ0) is 16.8. The van der Waals surface area contributed by atoms with Crippen molar-refractivity contribution in [2.45, 2.75) is 44.6 Å². The van der Waals surface area contributed by atoms with Crippen molar-refractivity contribution in [2.75, 3.05) is 5.32 Å². The quantitative estimate of drug-likeness (QED) is 0.900. The van der Waals surface area contributed by atoms with Gasteiger partial charge in [-0.1, -0.05) is 0 Å². The van der Waals surface area contributed by atoms with Crippen LogP contribution in [0.1, 0.15) is 65.0 Å². The average molecular weight is 323 g/mol. The van der Waals surface area contributed by atoms with Gasteiger partial charge in [0.05, 0.1) is 5.69 Å². The number of nitrogens with one attached hydrogen (secondary N) is 2. The number of carbonyl (C=O) groups is 1. The number of anilines is 1. The first-order valence-corrected chi connectivity index (χ1v) is 8.11. The number of carbonyl (C=O) groups excluding carboxylic acids is 1. The predicted molar refractivity (Wildman–Crippen MR) is 86.9 cm³/mol. The van der Waals surface area contributed by atoms with Gasteiger partial charge < -0.3 is 9.88 Å². The molecule has 2 aliphatic carbocycles. The van der Waals surface area contributed by atoms with Gasteiger partial charge >= 0.3 is 0 Å². The van der Waals surface area contributed by atoms with Gasteiger partial charge in [-0.2, -0.15) is 10.4 Å². The second kappa shape index (κ2) is 5.34. The van der Waals surface area contributed by atoms with E-state index < -0.39 is 5.91 Å². The fourth-order valence-corrected chi connectivity index (χ4v) is 2.96. The van der Waals surface area contributed by atoms with Gasteiger partial charge in [0, 0.05) is 29.9 Å². The largest absolute Gasteiger partial charge is 0.348 e. The summed E-state index contributed by atoms with van der Waals surface area (Å²) in [5.41, 5.74) is 1.74. The standard InChI is InChI=1S/C17H17N5O2/c1-9-6-14(23)13(8-22(9)11-4-5-11)17(24)19-16-12(7-18)15(20-21-16)10-2-3-10/h6,8,10-11H,2-5H2,1H3,(H2,19,20,21,24). The van der Waals surface area contributed by atoms with Gasteiger partial charge in [-0.25, -0.2) is 0 Å². The van der Waals surface area contributed by atoms with Crippen molar-refractivity contribution >= 4 is 11.7 Å². The van der Waals surface area contributed by atoms with Crippen molar-refractivity contribution in [3.05, 3.63) is 45.0 Å². The number of nitriles is 1. The molecule has 0 aromatic carbocycles. The van der Waals surface area contributed by atoms with E-state index in [1.165, 1.54) is 6.07 Å². The molecule has 0 atom stereocenters. The Kier molecular flexibility index (Phi) is 3.27. The molecule has 2 aromatic rings. The van der Waals surface area contributed by atoms with Crippen LogP contribution >= 0.6 is 0 Å². The molecule has 0 unspecified atom stereocenters. The van der Waals surface area contributed by atoms with Crippen LogP contribution in [0.15, 0.2) is 17.1 Å². The van der Waals surface area contributed by atoms with Crippen LogP contribution in [0.25, 0.3) is 0 Å². The van der Waals surface area contributed by atoms with Crippen molar-refractivity contribution in [3.8, 4) is 6.07 Å². The average Bonchev–Trinajstić information content (AvgIpc) is 3.45. The minimum Gasteiger partial charge on any atom is -0.348 e. The van der Waals surface area contributed by atoms with Gasteiger partial charge in [-0.15, -0.1) is 0 Å². The lowest BCUT2D eigenvalue weighted by molar-refractivity contribution is 0.102. The lowest BCUT2D eigenvalue weighted by Crippen LogP contribution is -2.24. The third kappa shape index (κ3) is 2.50. The molecule has 24 heavy (non-hydrogen) atoms. The van der Waals surface area contributed by atoms with E-state index in [-0.39, 0.29) is 16.8 Å². The summed E-state index contributed by atoms with van der Waals surface area (Å²) in [6.07, 6.45) is 5.79. The molecule has 2 N–H and O–H groups in total. The number of aromatic nitrogens is 3. The molecule has 2 fully saturated rings. The van der Waals surface area contributed by atoms with E-state index in [1.807, 2.05) is 11.5 Å². The fourth-order valence-electron chi connectivity index (χ4n) is 2.96. The molecule has 2 aromatic heterocycles. The molecule has 0 saturated heterocycles. The normalized spacial score (nSPS) is 16.7. The summed E-state index contributed by atoms with van der Waals surface area (Å²) in [4.78, 5) is 24.7. The first-order valence-electron chi connectivity index (χ1n) is 8.11.